The number of nitrogens with one attached hydrogen (secondary N) is 2. The molecule has 20 heavy (non-hydrogen) atoms. The van der Waals surface area contributed by atoms with Crippen molar-refractivity contribution in [1.82, 2.24) is 9.97 Å². The lowest BCUT2D eigenvalue weighted by atomic mass is 10.2. The summed E-state index contributed by atoms with van der Waals surface area (Å²) in [5.74, 6) is -1.00. The number of aromatic amines is 2. The topological polar surface area (TPSA) is 106 Å². The van der Waals surface area contributed by atoms with Gasteiger partial charge in [0, 0.05) is 11.9 Å². The quantitative estimate of drug-likeness (QED) is 0.720. The van der Waals surface area contributed by atoms with E-state index in [2.05, 4.69) is 9.97 Å². The predicted molar refractivity (Wildman–Crippen MR) is 72.8 cm³/mol. The number of H-pyrrole nitrogens is 2. The second kappa shape index (κ2) is 5.87. The molecule has 3 N–H and O–H groups in total. The molecule has 1 aromatic heterocycles. The van der Waals surface area contributed by atoms with Gasteiger partial charge < -0.3 is 15.0 Å². The van der Waals surface area contributed by atoms with Gasteiger partial charge in [0.2, 0.25) is 0 Å². The monoisotopic (exact) mass is 275 g/mol. The highest BCUT2D eigenvalue weighted by molar-refractivity contribution is 5.73. The van der Waals surface area contributed by atoms with E-state index in [1.54, 1.807) is 24.3 Å². The van der Waals surface area contributed by atoms with Crippen LogP contribution in [-0.2, 0) is 11.3 Å². The third-order valence-corrected chi connectivity index (χ3v) is 2.70. The lowest BCUT2D eigenvalue weighted by Crippen LogP contribution is -2.33. The van der Waals surface area contributed by atoms with Gasteiger partial charge in [0.05, 0.1) is 12.1 Å². The molecule has 0 atom stereocenters. The highest BCUT2D eigenvalue weighted by Gasteiger charge is 2.13. The van der Waals surface area contributed by atoms with Crippen LogP contribution in [0.4, 0.5) is 5.69 Å². The fraction of sp³-hybridized carbons (Fsp3) is 0.154. The maximum Gasteiger partial charge on any atom is 0.325 e. The first kappa shape index (κ1) is 13.6. The zero-order chi connectivity index (χ0) is 14.5. The van der Waals surface area contributed by atoms with E-state index in [1.807, 2.05) is 6.07 Å². The van der Waals surface area contributed by atoms with E-state index in [9.17, 15) is 14.4 Å². The van der Waals surface area contributed by atoms with Gasteiger partial charge in [-0.05, 0) is 12.1 Å². The summed E-state index contributed by atoms with van der Waals surface area (Å²) in [5.41, 5.74) is -0.154. The Kier molecular flexibility index (Phi) is 3.99. The fourth-order valence-electron chi connectivity index (χ4n) is 1.80. The summed E-state index contributed by atoms with van der Waals surface area (Å²) < 4.78 is 0. The van der Waals surface area contributed by atoms with E-state index >= 15 is 0 Å². The van der Waals surface area contributed by atoms with Crippen molar-refractivity contribution in [3.63, 3.8) is 0 Å². The molecule has 1 heterocycles. The number of aliphatic carboxylic acids is 1. The first-order valence-electron chi connectivity index (χ1n) is 5.89. The zero-order valence-electron chi connectivity index (χ0n) is 10.5. The number of anilines is 1. The second-order valence-corrected chi connectivity index (χ2v) is 4.18. The number of carbonyl (C=O) groups is 1. The van der Waals surface area contributed by atoms with E-state index in [-0.39, 0.29) is 18.7 Å². The molecular formula is C13H13N3O4. The number of hydrogen-bond donors (Lipinski definition) is 3. The van der Waals surface area contributed by atoms with Crippen LogP contribution in [0.1, 0.15) is 5.56 Å². The fourth-order valence-corrected chi connectivity index (χ4v) is 1.80. The highest BCUT2D eigenvalue weighted by atomic mass is 16.4. The molecule has 0 spiro atoms. The average molecular weight is 275 g/mol. The third-order valence-electron chi connectivity index (χ3n) is 2.70. The maximum atomic E-state index is 11.6. The summed E-state index contributed by atoms with van der Waals surface area (Å²) in [6.45, 7) is -0.162. The lowest BCUT2D eigenvalue weighted by Gasteiger charge is -2.22. The van der Waals surface area contributed by atoms with Crippen LogP contribution in [0.2, 0.25) is 0 Å². The molecule has 0 saturated heterocycles. The average Bonchev–Trinajstić information content (AvgIpc) is 2.41. The van der Waals surface area contributed by atoms with Crippen LogP contribution < -0.4 is 16.1 Å². The number of carboxylic acid groups (broad SMARTS) is 1. The number of rotatable bonds is 5. The Bertz CT molecular complexity index is 705. The Morgan fingerprint density at radius 2 is 1.90 bits per heavy atom. The van der Waals surface area contributed by atoms with Gasteiger partial charge in [-0.1, -0.05) is 18.2 Å². The van der Waals surface area contributed by atoms with E-state index in [0.29, 0.717) is 5.69 Å². The zero-order valence-corrected chi connectivity index (χ0v) is 10.5. The molecule has 7 nitrogen and oxygen atoms in total. The van der Waals surface area contributed by atoms with Crippen molar-refractivity contribution in [3.8, 4) is 0 Å². The van der Waals surface area contributed by atoms with Gasteiger partial charge in [-0.2, -0.15) is 0 Å². The van der Waals surface area contributed by atoms with Gasteiger partial charge in [0.1, 0.15) is 6.54 Å². The van der Waals surface area contributed by atoms with Crippen molar-refractivity contribution in [3.05, 3.63) is 62.9 Å². The molecule has 0 radical (unpaired) electrons. The number of carboxylic acids is 1. The van der Waals surface area contributed by atoms with E-state index < -0.39 is 17.2 Å². The summed E-state index contributed by atoms with van der Waals surface area (Å²) in [6.07, 6.45) is 1.29. The van der Waals surface area contributed by atoms with E-state index in [1.165, 1.54) is 11.1 Å². The SMILES string of the molecule is O=C(O)CN(Cc1c[nH]c(=O)[nH]c1=O)c1ccccc1. The van der Waals surface area contributed by atoms with Gasteiger partial charge in [-0.15, -0.1) is 0 Å². The normalized spacial score (nSPS) is 10.2. The standard InChI is InChI=1S/C13H13N3O4/c17-11(18)8-16(10-4-2-1-3-5-10)7-9-6-14-13(20)15-12(9)19/h1-6H,7-8H2,(H,17,18)(H2,14,15,19,20). The largest absolute Gasteiger partial charge is 0.480 e. The first-order chi connectivity index (χ1) is 9.56. The van der Waals surface area contributed by atoms with E-state index in [0.717, 1.165) is 0 Å². The molecule has 0 unspecified atom stereocenters. The molecule has 0 aliphatic heterocycles. The van der Waals surface area contributed by atoms with Crippen molar-refractivity contribution in [2.45, 2.75) is 6.54 Å². The Morgan fingerprint density at radius 3 is 2.50 bits per heavy atom. The van der Waals surface area contributed by atoms with Crippen molar-refractivity contribution >= 4 is 11.7 Å². The number of para-hydroxylation sites is 1. The van der Waals surface area contributed by atoms with Crippen LogP contribution in [0, 0.1) is 0 Å². The first-order valence-corrected chi connectivity index (χ1v) is 5.89. The Balaban J connectivity index is 2.31. The van der Waals surface area contributed by atoms with Crippen molar-refractivity contribution in [1.29, 1.82) is 0 Å². The predicted octanol–water partition coefficient (Wildman–Crippen LogP) is 0.154. The highest BCUT2D eigenvalue weighted by Crippen LogP contribution is 2.14. The summed E-state index contributed by atoms with van der Waals surface area (Å²) >= 11 is 0. The summed E-state index contributed by atoms with van der Waals surface area (Å²) in [7, 11) is 0. The molecule has 0 aliphatic carbocycles. The van der Waals surface area contributed by atoms with E-state index in [4.69, 9.17) is 5.11 Å². The molecule has 2 rings (SSSR count). The van der Waals surface area contributed by atoms with Crippen molar-refractivity contribution in [2.75, 3.05) is 11.4 Å². The van der Waals surface area contributed by atoms with Crippen LogP contribution in [0.15, 0.2) is 46.1 Å². The van der Waals surface area contributed by atoms with Crippen LogP contribution in [-0.4, -0.2) is 27.6 Å². The van der Waals surface area contributed by atoms with Gasteiger partial charge in [-0.25, -0.2) is 4.79 Å². The molecular weight excluding hydrogens is 262 g/mol. The van der Waals surface area contributed by atoms with Gasteiger partial charge >= 0.3 is 11.7 Å². The molecule has 104 valence electrons. The molecule has 0 saturated carbocycles. The summed E-state index contributed by atoms with van der Waals surface area (Å²) in [4.78, 5) is 39.5. The number of aromatic nitrogens is 2. The molecule has 0 aliphatic rings. The summed E-state index contributed by atoms with van der Waals surface area (Å²) in [6, 6.07) is 8.88. The van der Waals surface area contributed by atoms with Crippen molar-refractivity contribution < 1.29 is 9.90 Å². The smallest absolute Gasteiger partial charge is 0.325 e. The third kappa shape index (κ3) is 3.35. The number of nitrogens with zero attached hydrogens (tertiary/aromatic N) is 1. The molecule has 7 heteroatoms. The van der Waals surface area contributed by atoms with Crippen LogP contribution >= 0.6 is 0 Å². The maximum absolute atomic E-state index is 11.6. The minimum absolute atomic E-state index is 0.0857. The molecule has 0 fully saturated rings. The van der Waals surface area contributed by atoms with Crippen LogP contribution in [0.25, 0.3) is 0 Å². The lowest BCUT2D eigenvalue weighted by molar-refractivity contribution is -0.135. The Labute approximate surface area is 113 Å². The van der Waals surface area contributed by atoms with Crippen LogP contribution in [0.5, 0.6) is 0 Å². The Morgan fingerprint density at radius 1 is 1.20 bits per heavy atom. The molecule has 0 bridgehead atoms. The number of hydrogen-bond acceptors (Lipinski definition) is 4. The number of benzene rings is 1. The van der Waals surface area contributed by atoms with Gasteiger partial charge in [-0.3, -0.25) is 14.6 Å². The molecule has 2 aromatic rings. The molecule has 1 aromatic carbocycles. The van der Waals surface area contributed by atoms with Gasteiger partial charge in [0.25, 0.3) is 5.56 Å². The van der Waals surface area contributed by atoms with Crippen molar-refractivity contribution in [2.24, 2.45) is 0 Å². The minimum atomic E-state index is -1.00. The van der Waals surface area contributed by atoms with Gasteiger partial charge in [0.15, 0.2) is 0 Å². The Hall–Kier alpha value is -2.83. The molecule has 0 amide bonds. The van der Waals surface area contributed by atoms with Crippen LogP contribution in [0.3, 0.4) is 0 Å². The summed E-state index contributed by atoms with van der Waals surface area (Å²) in [5, 5.41) is 8.95. The second-order valence-electron chi connectivity index (χ2n) is 4.18. The minimum Gasteiger partial charge on any atom is -0.480 e.